The van der Waals surface area contributed by atoms with Crippen LogP contribution in [0.15, 0.2) is 23.4 Å². The molecule has 1 heterocycles. The number of aliphatic carboxylic acids is 1. The topological polar surface area (TPSA) is 58.4 Å². The van der Waals surface area contributed by atoms with E-state index in [0.29, 0.717) is 0 Å². The van der Waals surface area contributed by atoms with Crippen LogP contribution in [0.3, 0.4) is 0 Å². The van der Waals surface area contributed by atoms with Crippen LogP contribution < -0.4 is 0 Å². The summed E-state index contributed by atoms with van der Waals surface area (Å²) in [5.74, 6) is -0.799. The molecule has 2 aromatic rings. The van der Waals surface area contributed by atoms with Gasteiger partial charge in [-0.05, 0) is 45.6 Å². The van der Waals surface area contributed by atoms with Crippen LogP contribution in [0.2, 0.25) is 0 Å². The highest BCUT2D eigenvalue weighted by Crippen LogP contribution is 2.28. The van der Waals surface area contributed by atoms with Crippen LogP contribution in [0.25, 0.3) is 11.0 Å². The summed E-state index contributed by atoms with van der Waals surface area (Å²) in [6.45, 7) is 5.06. The Morgan fingerprint density at radius 2 is 2.19 bits per heavy atom. The largest absolute Gasteiger partial charge is 0.481 e. The Morgan fingerprint density at radius 1 is 1.48 bits per heavy atom. The van der Waals surface area contributed by atoms with Gasteiger partial charge in [0.25, 0.3) is 0 Å². The smallest absolute Gasteiger partial charge is 0.313 e. The number of thioether (sulfide) groups is 1. The van der Waals surface area contributed by atoms with Crippen LogP contribution in [0.5, 0.6) is 0 Å². The highest BCUT2D eigenvalue weighted by molar-refractivity contribution is 7.99. The van der Waals surface area contributed by atoms with Crippen molar-refractivity contribution in [3.05, 3.63) is 23.8 Å². The third-order valence-electron chi connectivity index (χ3n) is 3.21. The average Bonchev–Trinajstić information content (AvgIpc) is 2.73. The Bertz CT molecular complexity index is 652. The number of fused-ring (bicyclic) bond motifs is 1. The number of nitrogens with zero attached hydrogens (tertiary/aromatic N) is 3. The van der Waals surface area contributed by atoms with Crippen molar-refractivity contribution < 1.29 is 9.90 Å². The molecule has 21 heavy (non-hydrogen) atoms. The normalized spacial score (nSPS) is 13.0. The molecule has 1 N–H and O–H groups in total. The van der Waals surface area contributed by atoms with E-state index in [-0.39, 0.29) is 11.8 Å². The van der Waals surface area contributed by atoms with Gasteiger partial charge in [-0.1, -0.05) is 17.8 Å². The fourth-order valence-corrected chi connectivity index (χ4v) is 3.28. The number of carboxylic acids is 1. The zero-order chi connectivity index (χ0) is 15.6. The van der Waals surface area contributed by atoms with Crippen LogP contribution >= 0.6 is 11.8 Å². The minimum atomic E-state index is -0.824. The number of likely N-dealkylation sites (N-methyl/N-ethyl adjacent to an activating group) is 1. The van der Waals surface area contributed by atoms with E-state index in [0.717, 1.165) is 22.7 Å². The molecule has 1 unspecified atom stereocenters. The van der Waals surface area contributed by atoms with Crippen LogP contribution in [-0.4, -0.2) is 51.9 Å². The molecule has 0 aliphatic rings. The second-order valence-electron chi connectivity index (χ2n) is 5.55. The quantitative estimate of drug-likeness (QED) is 0.831. The number of rotatable bonds is 6. The molecule has 1 aromatic carbocycles. The summed E-state index contributed by atoms with van der Waals surface area (Å²) >= 11 is 1.28. The summed E-state index contributed by atoms with van der Waals surface area (Å²) in [6, 6.07) is 6.36. The number of aromatic nitrogens is 2. The minimum absolute atomic E-state index is 0.0248. The van der Waals surface area contributed by atoms with E-state index in [1.807, 2.05) is 26.2 Å². The van der Waals surface area contributed by atoms with Gasteiger partial charge < -0.3 is 14.6 Å². The molecule has 0 bridgehead atoms. The predicted octanol–water partition coefficient (Wildman–Crippen LogP) is 2.64. The van der Waals surface area contributed by atoms with Gasteiger partial charge in [-0.25, -0.2) is 4.98 Å². The third-order valence-corrected chi connectivity index (χ3v) is 4.14. The fourth-order valence-electron chi connectivity index (χ4n) is 2.45. The Kier molecular flexibility index (Phi) is 4.90. The van der Waals surface area contributed by atoms with Crippen molar-refractivity contribution in [1.29, 1.82) is 0 Å². The van der Waals surface area contributed by atoms with Crippen LogP contribution in [0.1, 0.15) is 18.5 Å². The molecule has 2 rings (SSSR count). The Hall–Kier alpha value is -1.53. The van der Waals surface area contributed by atoms with Gasteiger partial charge in [-0.3, -0.25) is 4.79 Å². The Labute approximate surface area is 129 Å². The zero-order valence-corrected chi connectivity index (χ0v) is 13.6. The second kappa shape index (κ2) is 6.49. The molecule has 1 aromatic heterocycles. The molecule has 0 spiro atoms. The molecule has 1 atom stereocenters. The van der Waals surface area contributed by atoms with Crippen LogP contribution in [0, 0.1) is 6.92 Å². The molecule has 114 valence electrons. The van der Waals surface area contributed by atoms with Crippen molar-refractivity contribution in [2.24, 2.45) is 0 Å². The van der Waals surface area contributed by atoms with Gasteiger partial charge in [0, 0.05) is 12.6 Å². The fraction of sp³-hybridized carbons (Fsp3) is 0.467. The first kappa shape index (κ1) is 15.9. The molecule has 0 amide bonds. The Morgan fingerprint density at radius 3 is 2.81 bits per heavy atom. The standard InChI is InChI=1S/C15H21N3O2S/c1-10-5-6-12-13(7-10)18(11(2)8-17(3)4)15(16-12)21-9-14(19)20/h5-7,11H,8-9H2,1-4H3,(H,19,20). The van der Waals surface area contributed by atoms with Crippen molar-refractivity contribution in [3.63, 3.8) is 0 Å². The first-order chi connectivity index (χ1) is 9.88. The van der Waals surface area contributed by atoms with Crippen molar-refractivity contribution in [2.45, 2.75) is 25.0 Å². The van der Waals surface area contributed by atoms with Crippen molar-refractivity contribution in [3.8, 4) is 0 Å². The summed E-state index contributed by atoms with van der Waals surface area (Å²) in [7, 11) is 4.07. The summed E-state index contributed by atoms with van der Waals surface area (Å²) in [6.07, 6.45) is 0. The molecule has 0 saturated carbocycles. The minimum Gasteiger partial charge on any atom is -0.481 e. The molecular formula is C15H21N3O2S. The summed E-state index contributed by atoms with van der Waals surface area (Å²) in [4.78, 5) is 17.6. The van der Waals surface area contributed by atoms with E-state index < -0.39 is 5.97 Å². The first-order valence-electron chi connectivity index (χ1n) is 6.86. The van der Waals surface area contributed by atoms with Crippen molar-refractivity contribution >= 4 is 28.8 Å². The van der Waals surface area contributed by atoms with E-state index in [1.165, 1.54) is 17.3 Å². The van der Waals surface area contributed by atoms with E-state index in [2.05, 4.69) is 34.4 Å². The second-order valence-corrected chi connectivity index (χ2v) is 6.49. The average molecular weight is 307 g/mol. The Balaban J connectivity index is 2.47. The van der Waals surface area contributed by atoms with E-state index in [1.54, 1.807) is 0 Å². The molecular weight excluding hydrogens is 286 g/mol. The van der Waals surface area contributed by atoms with Gasteiger partial charge in [0.15, 0.2) is 5.16 Å². The van der Waals surface area contributed by atoms with Gasteiger partial charge in [0.2, 0.25) is 0 Å². The van der Waals surface area contributed by atoms with Gasteiger partial charge in [0.05, 0.1) is 16.8 Å². The van der Waals surface area contributed by atoms with Crippen molar-refractivity contribution in [2.75, 3.05) is 26.4 Å². The van der Waals surface area contributed by atoms with Gasteiger partial charge in [-0.15, -0.1) is 0 Å². The SMILES string of the molecule is Cc1ccc2nc(SCC(=O)O)n(C(C)CN(C)C)c2c1. The highest BCUT2D eigenvalue weighted by atomic mass is 32.2. The lowest BCUT2D eigenvalue weighted by atomic mass is 10.2. The number of carbonyl (C=O) groups is 1. The third kappa shape index (κ3) is 3.77. The molecule has 0 radical (unpaired) electrons. The molecule has 0 fully saturated rings. The van der Waals surface area contributed by atoms with Gasteiger partial charge in [-0.2, -0.15) is 0 Å². The number of hydrogen-bond donors (Lipinski definition) is 1. The van der Waals surface area contributed by atoms with Gasteiger partial charge in [0.1, 0.15) is 0 Å². The number of carboxylic acid groups (broad SMARTS) is 1. The van der Waals surface area contributed by atoms with Crippen LogP contribution in [0.4, 0.5) is 0 Å². The number of imidazole rings is 1. The van der Waals surface area contributed by atoms with E-state index in [9.17, 15) is 4.79 Å². The maximum atomic E-state index is 10.8. The van der Waals surface area contributed by atoms with E-state index in [4.69, 9.17) is 5.11 Å². The number of benzene rings is 1. The number of aryl methyl sites for hydroxylation is 1. The van der Waals surface area contributed by atoms with Gasteiger partial charge >= 0.3 is 5.97 Å². The molecule has 0 aliphatic carbocycles. The highest BCUT2D eigenvalue weighted by Gasteiger charge is 2.17. The lowest BCUT2D eigenvalue weighted by molar-refractivity contribution is -0.133. The molecule has 0 aliphatic heterocycles. The predicted molar refractivity (Wildman–Crippen MR) is 86.1 cm³/mol. The van der Waals surface area contributed by atoms with E-state index >= 15 is 0 Å². The maximum absolute atomic E-state index is 10.8. The molecule has 0 saturated heterocycles. The van der Waals surface area contributed by atoms with Crippen LogP contribution in [-0.2, 0) is 4.79 Å². The molecule has 5 nitrogen and oxygen atoms in total. The summed E-state index contributed by atoms with van der Waals surface area (Å²) in [5, 5.41) is 9.67. The summed E-state index contributed by atoms with van der Waals surface area (Å²) < 4.78 is 2.15. The number of hydrogen-bond acceptors (Lipinski definition) is 4. The lowest BCUT2D eigenvalue weighted by Crippen LogP contribution is -2.23. The van der Waals surface area contributed by atoms with Crippen molar-refractivity contribution in [1.82, 2.24) is 14.5 Å². The zero-order valence-electron chi connectivity index (χ0n) is 12.8. The maximum Gasteiger partial charge on any atom is 0.313 e. The summed E-state index contributed by atoms with van der Waals surface area (Å²) in [5.41, 5.74) is 3.16. The molecule has 6 heteroatoms. The lowest BCUT2D eigenvalue weighted by Gasteiger charge is -2.21. The monoisotopic (exact) mass is 307 g/mol. The first-order valence-corrected chi connectivity index (χ1v) is 7.85.